The summed E-state index contributed by atoms with van der Waals surface area (Å²) in [5.74, 6) is -0.426. The lowest BCUT2D eigenvalue weighted by Crippen LogP contribution is -2.07. The molecule has 0 N–H and O–H groups in total. The number of hydrogen-bond donors (Lipinski definition) is 0. The van der Waals surface area contributed by atoms with E-state index in [1.54, 1.807) is 31.2 Å². The molecular weight excluding hydrogens is 305 g/mol. The smallest absolute Gasteiger partial charge is 0.356 e. The van der Waals surface area contributed by atoms with Gasteiger partial charge in [-0.15, -0.1) is 0 Å². The van der Waals surface area contributed by atoms with Gasteiger partial charge in [-0.25, -0.2) is 9.78 Å². The van der Waals surface area contributed by atoms with Crippen LogP contribution in [0.2, 0.25) is 5.02 Å². The Labute approximate surface area is 112 Å². The number of nitrogens with zero attached hydrogens (tertiary/aromatic N) is 1. The Bertz CT molecular complexity index is 586. The summed E-state index contributed by atoms with van der Waals surface area (Å²) in [7, 11) is 0. The molecule has 0 saturated heterocycles. The zero-order valence-corrected chi connectivity index (χ0v) is 11.4. The van der Waals surface area contributed by atoms with Crippen molar-refractivity contribution >= 4 is 44.4 Å². The highest BCUT2D eigenvalue weighted by Gasteiger charge is 2.11. The molecule has 5 heteroatoms. The zero-order chi connectivity index (χ0) is 12.4. The van der Waals surface area contributed by atoms with Crippen molar-refractivity contribution in [3.63, 3.8) is 0 Å². The number of hydrogen-bond acceptors (Lipinski definition) is 3. The number of halogens is 2. The van der Waals surface area contributed by atoms with Gasteiger partial charge >= 0.3 is 5.97 Å². The van der Waals surface area contributed by atoms with Gasteiger partial charge in [0.25, 0.3) is 0 Å². The van der Waals surface area contributed by atoms with Crippen LogP contribution in [0.3, 0.4) is 0 Å². The second-order valence-corrected chi connectivity index (χ2v) is 4.66. The molecule has 3 nitrogen and oxygen atoms in total. The topological polar surface area (TPSA) is 39.2 Å². The largest absolute Gasteiger partial charge is 0.461 e. The Balaban J connectivity index is 2.56. The van der Waals surface area contributed by atoms with E-state index >= 15 is 0 Å². The molecule has 17 heavy (non-hydrogen) atoms. The second kappa shape index (κ2) is 5.02. The number of fused-ring (bicyclic) bond motifs is 1. The van der Waals surface area contributed by atoms with Crippen LogP contribution in [0.15, 0.2) is 28.7 Å². The van der Waals surface area contributed by atoms with Gasteiger partial charge in [-0.1, -0.05) is 27.5 Å². The third-order valence-electron chi connectivity index (χ3n) is 2.20. The summed E-state index contributed by atoms with van der Waals surface area (Å²) in [5.41, 5.74) is 0.986. The van der Waals surface area contributed by atoms with Crippen molar-refractivity contribution in [3.8, 4) is 0 Å². The Kier molecular flexibility index (Phi) is 3.64. The summed E-state index contributed by atoms with van der Waals surface area (Å²) >= 11 is 9.30. The van der Waals surface area contributed by atoms with Gasteiger partial charge in [-0.2, -0.15) is 0 Å². The molecule has 0 unspecified atom stereocenters. The minimum atomic E-state index is -0.426. The van der Waals surface area contributed by atoms with Gasteiger partial charge in [-0.05, 0) is 31.2 Å². The van der Waals surface area contributed by atoms with E-state index in [0.29, 0.717) is 17.1 Å². The zero-order valence-electron chi connectivity index (χ0n) is 9.04. The van der Waals surface area contributed by atoms with Crippen molar-refractivity contribution in [2.24, 2.45) is 0 Å². The predicted molar refractivity (Wildman–Crippen MR) is 70.4 cm³/mol. The highest BCUT2D eigenvalue weighted by molar-refractivity contribution is 9.10. The molecule has 0 saturated carbocycles. The molecule has 0 fully saturated rings. The first-order valence-corrected chi connectivity index (χ1v) is 6.22. The number of esters is 1. The Morgan fingerprint density at radius 1 is 1.47 bits per heavy atom. The Morgan fingerprint density at radius 3 is 2.94 bits per heavy atom. The van der Waals surface area contributed by atoms with Crippen LogP contribution in [-0.4, -0.2) is 17.6 Å². The average molecular weight is 315 g/mol. The molecule has 1 aromatic heterocycles. The third-order valence-corrected chi connectivity index (χ3v) is 3.10. The Morgan fingerprint density at radius 2 is 2.24 bits per heavy atom. The SMILES string of the molecule is CCOC(=O)c1cc(Br)c2cc(Cl)ccc2n1. The molecule has 0 atom stereocenters. The lowest BCUT2D eigenvalue weighted by atomic mass is 10.2. The van der Waals surface area contributed by atoms with E-state index in [-0.39, 0.29) is 5.69 Å². The summed E-state index contributed by atoms with van der Waals surface area (Å²) in [4.78, 5) is 15.8. The molecule has 0 radical (unpaired) electrons. The standard InChI is InChI=1S/C12H9BrClNO2/c1-2-17-12(16)11-6-9(13)8-5-7(14)3-4-10(8)15-11/h3-6H,2H2,1H3. The molecule has 1 heterocycles. The highest BCUT2D eigenvalue weighted by Crippen LogP contribution is 2.26. The van der Waals surface area contributed by atoms with Gasteiger partial charge in [0, 0.05) is 14.9 Å². The fraction of sp³-hybridized carbons (Fsp3) is 0.167. The monoisotopic (exact) mass is 313 g/mol. The lowest BCUT2D eigenvalue weighted by molar-refractivity contribution is 0.0520. The van der Waals surface area contributed by atoms with Crippen LogP contribution < -0.4 is 0 Å². The second-order valence-electron chi connectivity index (χ2n) is 3.37. The van der Waals surface area contributed by atoms with Gasteiger partial charge in [0.2, 0.25) is 0 Å². The van der Waals surface area contributed by atoms with Crippen molar-refractivity contribution in [3.05, 3.63) is 39.5 Å². The Hall–Kier alpha value is -1.13. The van der Waals surface area contributed by atoms with Gasteiger partial charge in [-0.3, -0.25) is 0 Å². The number of pyridine rings is 1. The van der Waals surface area contributed by atoms with Gasteiger partial charge in [0.1, 0.15) is 5.69 Å². The average Bonchev–Trinajstić information content (AvgIpc) is 2.30. The number of ether oxygens (including phenoxy) is 1. The molecule has 0 spiro atoms. The van der Waals surface area contributed by atoms with E-state index in [1.165, 1.54) is 0 Å². The first kappa shape index (κ1) is 12.3. The maximum absolute atomic E-state index is 11.6. The van der Waals surface area contributed by atoms with Crippen molar-refractivity contribution in [1.29, 1.82) is 0 Å². The normalized spacial score (nSPS) is 10.5. The number of benzene rings is 1. The molecule has 88 valence electrons. The molecule has 2 aromatic rings. The highest BCUT2D eigenvalue weighted by atomic mass is 79.9. The van der Waals surface area contributed by atoms with E-state index in [2.05, 4.69) is 20.9 Å². The molecule has 0 amide bonds. The van der Waals surface area contributed by atoms with Gasteiger partial charge in [0.05, 0.1) is 12.1 Å². The van der Waals surface area contributed by atoms with E-state index in [0.717, 1.165) is 9.86 Å². The van der Waals surface area contributed by atoms with E-state index in [9.17, 15) is 4.79 Å². The fourth-order valence-corrected chi connectivity index (χ4v) is 2.17. The van der Waals surface area contributed by atoms with Crippen LogP contribution in [0, 0.1) is 0 Å². The molecular formula is C12H9BrClNO2. The molecule has 2 rings (SSSR count). The quantitative estimate of drug-likeness (QED) is 0.791. The molecule has 0 aliphatic carbocycles. The first-order chi connectivity index (χ1) is 8.11. The lowest BCUT2D eigenvalue weighted by Gasteiger charge is -2.05. The van der Waals surface area contributed by atoms with Crippen LogP contribution >= 0.6 is 27.5 Å². The maximum Gasteiger partial charge on any atom is 0.356 e. The summed E-state index contributed by atoms with van der Waals surface area (Å²) in [6, 6.07) is 6.93. The van der Waals surface area contributed by atoms with E-state index in [1.807, 2.05) is 0 Å². The third kappa shape index (κ3) is 2.58. The predicted octanol–water partition coefficient (Wildman–Crippen LogP) is 3.83. The minimum Gasteiger partial charge on any atom is -0.461 e. The fourth-order valence-electron chi connectivity index (χ4n) is 1.47. The summed E-state index contributed by atoms with van der Waals surface area (Å²) in [6.07, 6.45) is 0. The molecule has 0 aliphatic rings. The molecule has 0 bridgehead atoms. The van der Waals surface area contributed by atoms with E-state index < -0.39 is 5.97 Å². The molecule has 1 aromatic carbocycles. The number of rotatable bonds is 2. The number of carbonyl (C=O) groups excluding carboxylic acids is 1. The summed E-state index contributed by atoms with van der Waals surface area (Å²) < 4.78 is 5.68. The summed E-state index contributed by atoms with van der Waals surface area (Å²) in [6.45, 7) is 2.09. The van der Waals surface area contributed by atoms with Crippen molar-refractivity contribution in [2.45, 2.75) is 6.92 Å². The van der Waals surface area contributed by atoms with Gasteiger partial charge < -0.3 is 4.74 Å². The minimum absolute atomic E-state index is 0.286. The molecule has 0 aliphatic heterocycles. The van der Waals surface area contributed by atoms with Crippen LogP contribution in [0.4, 0.5) is 0 Å². The van der Waals surface area contributed by atoms with Gasteiger partial charge in [0.15, 0.2) is 0 Å². The first-order valence-electron chi connectivity index (χ1n) is 5.04. The van der Waals surface area contributed by atoms with E-state index in [4.69, 9.17) is 16.3 Å². The van der Waals surface area contributed by atoms with Crippen LogP contribution in [0.1, 0.15) is 17.4 Å². The summed E-state index contributed by atoms with van der Waals surface area (Å²) in [5, 5.41) is 1.49. The van der Waals surface area contributed by atoms with Crippen molar-refractivity contribution < 1.29 is 9.53 Å². The van der Waals surface area contributed by atoms with Crippen LogP contribution in [-0.2, 0) is 4.74 Å². The number of carbonyl (C=O) groups is 1. The van der Waals surface area contributed by atoms with Crippen LogP contribution in [0.5, 0.6) is 0 Å². The van der Waals surface area contributed by atoms with Crippen molar-refractivity contribution in [1.82, 2.24) is 4.98 Å². The van der Waals surface area contributed by atoms with Crippen LogP contribution in [0.25, 0.3) is 10.9 Å². The maximum atomic E-state index is 11.6. The van der Waals surface area contributed by atoms with Crippen molar-refractivity contribution in [2.75, 3.05) is 6.61 Å². The number of aromatic nitrogens is 1.